The highest BCUT2D eigenvalue weighted by atomic mass is 16.5. The summed E-state index contributed by atoms with van der Waals surface area (Å²) in [4.78, 5) is 15.9. The van der Waals surface area contributed by atoms with E-state index in [-0.39, 0.29) is 11.9 Å². The first-order chi connectivity index (χ1) is 8.22. The second-order valence-electron chi connectivity index (χ2n) is 3.54. The van der Waals surface area contributed by atoms with Gasteiger partial charge in [-0.05, 0) is 18.6 Å². The molecule has 0 bridgehead atoms. The first-order valence-corrected chi connectivity index (χ1v) is 5.49. The van der Waals surface area contributed by atoms with Crippen molar-refractivity contribution in [1.29, 1.82) is 0 Å². The van der Waals surface area contributed by atoms with Gasteiger partial charge in [0.1, 0.15) is 5.56 Å². The second kappa shape index (κ2) is 6.54. The number of amides is 1. The van der Waals surface area contributed by atoms with Crippen LogP contribution in [-0.4, -0.2) is 24.0 Å². The highest BCUT2D eigenvalue weighted by molar-refractivity contribution is 5.96. The summed E-state index contributed by atoms with van der Waals surface area (Å²) >= 11 is 0. The monoisotopic (exact) mass is 232 g/mol. The lowest BCUT2D eigenvalue weighted by atomic mass is 10.1. The van der Waals surface area contributed by atoms with E-state index < -0.39 is 0 Å². The zero-order valence-corrected chi connectivity index (χ0v) is 10.1. The fraction of sp³-hybridized carbons (Fsp3) is 0.385. The fourth-order valence-corrected chi connectivity index (χ4v) is 1.45. The Morgan fingerprint density at radius 1 is 1.71 bits per heavy atom. The molecule has 4 nitrogen and oxygen atoms in total. The molecule has 1 aromatic heterocycles. The van der Waals surface area contributed by atoms with Crippen molar-refractivity contribution in [2.24, 2.45) is 0 Å². The van der Waals surface area contributed by atoms with Gasteiger partial charge in [0.15, 0.2) is 0 Å². The smallest absolute Gasteiger partial charge is 0.257 e. The third-order valence-corrected chi connectivity index (χ3v) is 2.29. The summed E-state index contributed by atoms with van der Waals surface area (Å²) in [5.41, 5.74) is 0.395. The van der Waals surface area contributed by atoms with Crippen LogP contribution in [0, 0.1) is 12.3 Å². The van der Waals surface area contributed by atoms with Gasteiger partial charge < -0.3 is 10.1 Å². The second-order valence-corrected chi connectivity index (χ2v) is 3.54. The van der Waals surface area contributed by atoms with Crippen LogP contribution in [0.5, 0.6) is 5.88 Å². The van der Waals surface area contributed by atoms with Crippen molar-refractivity contribution < 1.29 is 9.53 Å². The van der Waals surface area contributed by atoms with Crippen LogP contribution >= 0.6 is 0 Å². The Balaban J connectivity index is 2.79. The van der Waals surface area contributed by atoms with Crippen LogP contribution in [0.3, 0.4) is 0 Å². The molecule has 1 N–H and O–H groups in total. The van der Waals surface area contributed by atoms with E-state index in [0.717, 1.165) is 12.8 Å². The van der Waals surface area contributed by atoms with Crippen molar-refractivity contribution in [3.8, 4) is 18.2 Å². The summed E-state index contributed by atoms with van der Waals surface area (Å²) in [5.74, 6) is 2.59. The molecular weight excluding hydrogens is 216 g/mol. The van der Waals surface area contributed by atoms with Crippen molar-refractivity contribution in [1.82, 2.24) is 10.3 Å². The van der Waals surface area contributed by atoms with Gasteiger partial charge in [-0.25, -0.2) is 4.98 Å². The quantitative estimate of drug-likeness (QED) is 0.785. The number of hydrogen-bond donors (Lipinski definition) is 1. The van der Waals surface area contributed by atoms with Crippen molar-refractivity contribution in [3.63, 3.8) is 0 Å². The summed E-state index contributed by atoms with van der Waals surface area (Å²) in [6.07, 6.45) is 8.58. The Labute approximate surface area is 101 Å². The predicted molar refractivity (Wildman–Crippen MR) is 65.8 cm³/mol. The molecule has 1 atom stereocenters. The number of hydrogen-bond acceptors (Lipinski definition) is 3. The topological polar surface area (TPSA) is 51.2 Å². The number of carbonyl (C=O) groups excluding carboxylic acids is 1. The molecule has 0 saturated heterocycles. The molecule has 0 aromatic carbocycles. The maximum absolute atomic E-state index is 11.9. The van der Waals surface area contributed by atoms with Crippen LogP contribution in [-0.2, 0) is 0 Å². The van der Waals surface area contributed by atoms with Crippen molar-refractivity contribution in [2.75, 3.05) is 7.11 Å². The number of aromatic nitrogens is 1. The molecule has 0 aliphatic carbocycles. The first kappa shape index (κ1) is 13.0. The molecule has 1 rings (SSSR count). The molecule has 0 spiro atoms. The van der Waals surface area contributed by atoms with Gasteiger partial charge in [0.2, 0.25) is 5.88 Å². The largest absolute Gasteiger partial charge is 0.480 e. The maximum atomic E-state index is 11.9. The Morgan fingerprint density at radius 3 is 3.06 bits per heavy atom. The fourth-order valence-electron chi connectivity index (χ4n) is 1.45. The minimum absolute atomic E-state index is 0.252. The number of rotatable bonds is 5. The summed E-state index contributed by atoms with van der Waals surface area (Å²) in [7, 11) is 1.48. The number of methoxy groups -OCH3 is 1. The van der Waals surface area contributed by atoms with Gasteiger partial charge in [-0.15, -0.1) is 6.42 Å². The molecule has 90 valence electrons. The number of nitrogens with one attached hydrogen (secondary N) is 1. The molecule has 17 heavy (non-hydrogen) atoms. The summed E-state index contributed by atoms with van der Waals surface area (Å²) < 4.78 is 5.02. The normalized spacial score (nSPS) is 11.4. The van der Waals surface area contributed by atoms with Gasteiger partial charge in [-0.1, -0.05) is 19.3 Å². The number of pyridine rings is 1. The third kappa shape index (κ3) is 3.49. The number of carbonyl (C=O) groups is 1. The van der Waals surface area contributed by atoms with Gasteiger partial charge in [-0.3, -0.25) is 4.79 Å². The van der Waals surface area contributed by atoms with E-state index in [0.29, 0.717) is 11.4 Å². The average Bonchev–Trinajstić information content (AvgIpc) is 2.38. The summed E-state index contributed by atoms with van der Waals surface area (Å²) in [5, 5.41) is 2.76. The third-order valence-electron chi connectivity index (χ3n) is 2.29. The average molecular weight is 232 g/mol. The molecule has 0 aliphatic heterocycles. The lowest BCUT2D eigenvalue weighted by Gasteiger charge is -2.13. The van der Waals surface area contributed by atoms with Crippen LogP contribution in [0.1, 0.15) is 30.1 Å². The number of nitrogens with zero attached hydrogens (tertiary/aromatic N) is 1. The molecule has 0 radical (unpaired) electrons. The van der Waals surface area contributed by atoms with Crippen molar-refractivity contribution >= 4 is 5.91 Å². The van der Waals surface area contributed by atoms with Crippen molar-refractivity contribution in [2.45, 2.75) is 25.8 Å². The predicted octanol–water partition coefficient (Wildman–Crippen LogP) is 1.62. The van der Waals surface area contributed by atoms with Gasteiger partial charge in [0.25, 0.3) is 5.91 Å². The van der Waals surface area contributed by atoms with Gasteiger partial charge in [0.05, 0.1) is 13.2 Å². The van der Waals surface area contributed by atoms with Crippen LogP contribution in [0.4, 0.5) is 0 Å². The molecule has 4 heteroatoms. The molecule has 1 aromatic rings. The van der Waals surface area contributed by atoms with E-state index in [1.165, 1.54) is 7.11 Å². The summed E-state index contributed by atoms with van der Waals surface area (Å²) in [6.45, 7) is 2.02. The Hall–Kier alpha value is -2.02. The molecule has 0 saturated carbocycles. The van der Waals surface area contributed by atoms with E-state index in [4.69, 9.17) is 11.2 Å². The SMILES string of the molecule is C#CC(CCC)NC(=O)c1cccnc1OC. The lowest BCUT2D eigenvalue weighted by molar-refractivity contribution is 0.0940. The Kier molecular flexibility index (Phi) is 5.02. The molecular formula is C13H16N2O2. The summed E-state index contributed by atoms with van der Waals surface area (Å²) in [6, 6.07) is 3.08. The van der Waals surface area contributed by atoms with E-state index in [9.17, 15) is 4.79 Å². The van der Waals surface area contributed by atoms with Crippen LogP contribution in [0.25, 0.3) is 0 Å². The molecule has 1 unspecified atom stereocenters. The van der Waals surface area contributed by atoms with E-state index in [1.54, 1.807) is 18.3 Å². The minimum Gasteiger partial charge on any atom is -0.480 e. The molecule has 1 amide bonds. The highest BCUT2D eigenvalue weighted by Gasteiger charge is 2.15. The highest BCUT2D eigenvalue weighted by Crippen LogP contribution is 2.13. The van der Waals surface area contributed by atoms with E-state index in [2.05, 4.69) is 16.2 Å². The van der Waals surface area contributed by atoms with Gasteiger partial charge in [-0.2, -0.15) is 0 Å². The Bertz CT molecular complexity index is 424. The Morgan fingerprint density at radius 2 is 2.47 bits per heavy atom. The number of terminal acetylenes is 1. The van der Waals surface area contributed by atoms with Crippen molar-refractivity contribution in [3.05, 3.63) is 23.9 Å². The van der Waals surface area contributed by atoms with Gasteiger partial charge >= 0.3 is 0 Å². The van der Waals surface area contributed by atoms with Crippen LogP contribution in [0.2, 0.25) is 0 Å². The maximum Gasteiger partial charge on any atom is 0.257 e. The molecule has 0 fully saturated rings. The van der Waals surface area contributed by atoms with Gasteiger partial charge in [0, 0.05) is 6.20 Å². The van der Waals surface area contributed by atoms with Crippen LogP contribution in [0.15, 0.2) is 18.3 Å². The zero-order chi connectivity index (χ0) is 12.7. The van der Waals surface area contributed by atoms with E-state index in [1.807, 2.05) is 6.92 Å². The molecule has 0 aliphatic rings. The lowest BCUT2D eigenvalue weighted by Crippen LogP contribution is -2.33. The van der Waals surface area contributed by atoms with Crippen LogP contribution < -0.4 is 10.1 Å². The standard InChI is InChI=1S/C13H16N2O2/c1-4-7-10(5-2)15-12(16)11-8-6-9-14-13(11)17-3/h2,6,8-10H,4,7H2,1,3H3,(H,15,16). The first-order valence-electron chi connectivity index (χ1n) is 5.49. The molecule has 1 heterocycles. The number of ether oxygens (including phenoxy) is 1. The van der Waals surface area contributed by atoms with E-state index >= 15 is 0 Å². The zero-order valence-electron chi connectivity index (χ0n) is 10.1. The minimum atomic E-state index is -0.258.